The fourth-order valence-corrected chi connectivity index (χ4v) is 2.18. The molecule has 0 radical (unpaired) electrons. The molecule has 0 amide bonds. The molecule has 2 rings (SSSR count). The average molecular weight is 300 g/mol. The molecule has 0 atom stereocenters. The van der Waals surface area contributed by atoms with Crippen LogP contribution in [0.3, 0.4) is 0 Å². The second-order valence-electron chi connectivity index (χ2n) is 4.25. The van der Waals surface area contributed by atoms with Crippen LogP contribution in [0, 0.1) is 0 Å². The van der Waals surface area contributed by atoms with Crippen molar-refractivity contribution in [3.8, 4) is 11.3 Å². The van der Waals surface area contributed by atoms with Crippen LogP contribution in [0.15, 0.2) is 18.2 Å². The molecule has 0 aliphatic carbocycles. The van der Waals surface area contributed by atoms with Crippen LogP contribution in [0.25, 0.3) is 11.3 Å². The minimum absolute atomic E-state index is 0.151. The Balaban J connectivity index is 2.45. The lowest BCUT2D eigenvalue weighted by Gasteiger charge is -2.08. The Labute approximate surface area is 122 Å². The Bertz CT molecular complexity index is 569. The van der Waals surface area contributed by atoms with E-state index in [1.54, 1.807) is 16.8 Å². The third-order valence-corrected chi connectivity index (χ3v) is 3.61. The van der Waals surface area contributed by atoms with Gasteiger partial charge in [-0.05, 0) is 18.6 Å². The molecule has 0 unspecified atom stereocenters. The number of halogens is 2. The highest BCUT2D eigenvalue weighted by molar-refractivity contribution is 6.42. The number of aliphatic hydroxyl groups excluding tert-OH is 1. The Morgan fingerprint density at radius 1 is 1.26 bits per heavy atom. The molecule has 4 nitrogen and oxygen atoms in total. The average Bonchev–Trinajstić information content (AvgIpc) is 2.82. The van der Waals surface area contributed by atoms with E-state index >= 15 is 0 Å². The number of aryl methyl sites for hydroxylation is 1. The van der Waals surface area contributed by atoms with Crippen molar-refractivity contribution in [3.63, 3.8) is 0 Å². The number of nitrogens with zero attached hydrogens (tertiary/aromatic N) is 3. The summed E-state index contributed by atoms with van der Waals surface area (Å²) in [6.07, 6.45) is 2.07. The maximum Gasteiger partial charge on any atom is 0.116 e. The molecule has 0 fully saturated rings. The molecule has 6 heteroatoms. The highest BCUT2D eigenvalue weighted by atomic mass is 35.5. The third-order valence-electron chi connectivity index (χ3n) is 2.87. The number of benzene rings is 1. The molecule has 0 saturated heterocycles. The lowest BCUT2D eigenvalue weighted by molar-refractivity contribution is 0.277. The van der Waals surface area contributed by atoms with E-state index in [9.17, 15) is 5.11 Å². The van der Waals surface area contributed by atoms with E-state index in [0.29, 0.717) is 15.7 Å². The first-order chi connectivity index (χ1) is 9.17. The summed E-state index contributed by atoms with van der Waals surface area (Å²) in [5, 5.41) is 18.4. The van der Waals surface area contributed by atoms with Gasteiger partial charge >= 0.3 is 0 Å². The van der Waals surface area contributed by atoms with Gasteiger partial charge in [0.25, 0.3) is 0 Å². The lowest BCUT2D eigenvalue weighted by atomic mass is 10.1. The van der Waals surface area contributed by atoms with Gasteiger partial charge in [-0.15, -0.1) is 5.10 Å². The molecular weight excluding hydrogens is 285 g/mol. The lowest BCUT2D eigenvalue weighted by Crippen LogP contribution is -2.03. The first-order valence-electron chi connectivity index (χ1n) is 6.16. The van der Waals surface area contributed by atoms with Crippen molar-refractivity contribution in [2.45, 2.75) is 32.9 Å². The summed E-state index contributed by atoms with van der Waals surface area (Å²) < 4.78 is 1.80. The van der Waals surface area contributed by atoms with Crippen LogP contribution in [0.2, 0.25) is 10.0 Å². The number of hydrogen-bond donors (Lipinski definition) is 1. The van der Waals surface area contributed by atoms with Gasteiger partial charge in [0.15, 0.2) is 0 Å². The van der Waals surface area contributed by atoms with Gasteiger partial charge in [0, 0.05) is 12.1 Å². The van der Waals surface area contributed by atoms with Crippen molar-refractivity contribution in [1.82, 2.24) is 15.0 Å². The first kappa shape index (κ1) is 14.3. The van der Waals surface area contributed by atoms with Gasteiger partial charge in [0.1, 0.15) is 5.69 Å². The van der Waals surface area contributed by atoms with Gasteiger partial charge in [-0.2, -0.15) is 0 Å². The van der Waals surface area contributed by atoms with Crippen LogP contribution in [0.5, 0.6) is 0 Å². The minimum Gasteiger partial charge on any atom is -0.390 e. The molecule has 0 aliphatic rings. The second kappa shape index (κ2) is 6.37. The largest absolute Gasteiger partial charge is 0.390 e. The SMILES string of the molecule is CCCCn1nnc(CO)c1-c1ccc(Cl)c(Cl)c1. The van der Waals surface area contributed by atoms with E-state index in [0.717, 1.165) is 30.6 Å². The van der Waals surface area contributed by atoms with Gasteiger partial charge in [0.05, 0.1) is 22.3 Å². The van der Waals surface area contributed by atoms with Crippen molar-refractivity contribution >= 4 is 23.2 Å². The third kappa shape index (κ3) is 3.08. The van der Waals surface area contributed by atoms with E-state index in [1.807, 2.05) is 6.07 Å². The smallest absolute Gasteiger partial charge is 0.116 e. The number of hydrogen-bond acceptors (Lipinski definition) is 3. The van der Waals surface area contributed by atoms with Gasteiger partial charge in [0.2, 0.25) is 0 Å². The monoisotopic (exact) mass is 299 g/mol. The summed E-state index contributed by atoms with van der Waals surface area (Å²) in [5.41, 5.74) is 2.21. The molecule has 0 aliphatic heterocycles. The van der Waals surface area contributed by atoms with Crippen LogP contribution in [-0.4, -0.2) is 20.1 Å². The number of rotatable bonds is 5. The van der Waals surface area contributed by atoms with E-state index in [2.05, 4.69) is 17.2 Å². The standard InChI is InChI=1S/C13H15Cl2N3O/c1-2-3-6-18-13(12(8-19)16-17-18)9-4-5-10(14)11(15)7-9/h4-5,7,19H,2-3,6,8H2,1H3. The summed E-state index contributed by atoms with van der Waals surface area (Å²) in [4.78, 5) is 0. The molecule has 2 aromatic rings. The predicted molar refractivity (Wildman–Crippen MR) is 76.3 cm³/mol. The molecule has 0 bridgehead atoms. The van der Waals surface area contributed by atoms with Crippen LogP contribution in [0.1, 0.15) is 25.5 Å². The highest BCUT2D eigenvalue weighted by Crippen LogP contribution is 2.30. The zero-order valence-corrected chi connectivity index (χ0v) is 12.1. The maximum atomic E-state index is 9.37. The molecule has 1 heterocycles. The molecule has 19 heavy (non-hydrogen) atoms. The Morgan fingerprint density at radius 2 is 2.05 bits per heavy atom. The number of aromatic nitrogens is 3. The summed E-state index contributed by atoms with van der Waals surface area (Å²) in [6, 6.07) is 5.36. The van der Waals surface area contributed by atoms with Crippen molar-refractivity contribution < 1.29 is 5.11 Å². The quantitative estimate of drug-likeness (QED) is 0.918. The van der Waals surface area contributed by atoms with Crippen molar-refractivity contribution in [3.05, 3.63) is 33.9 Å². The predicted octanol–water partition coefficient (Wildman–Crippen LogP) is 3.54. The maximum absolute atomic E-state index is 9.37. The van der Waals surface area contributed by atoms with Gasteiger partial charge in [-0.1, -0.05) is 47.8 Å². The minimum atomic E-state index is -0.151. The molecule has 102 valence electrons. The van der Waals surface area contributed by atoms with Crippen LogP contribution >= 0.6 is 23.2 Å². The summed E-state index contributed by atoms with van der Waals surface area (Å²) in [7, 11) is 0. The number of unbranched alkanes of at least 4 members (excludes halogenated alkanes) is 1. The normalized spacial score (nSPS) is 10.9. The summed E-state index contributed by atoms with van der Waals surface area (Å²) in [6.45, 7) is 2.73. The second-order valence-corrected chi connectivity index (χ2v) is 5.06. The van der Waals surface area contributed by atoms with Gasteiger partial charge in [-0.25, -0.2) is 4.68 Å². The van der Waals surface area contributed by atoms with Crippen molar-refractivity contribution in [1.29, 1.82) is 0 Å². The van der Waals surface area contributed by atoms with Gasteiger partial charge in [-0.3, -0.25) is 0 Å². The molecule has 0 saturated carbocycles. The molecule has 1 N–H and O–H groups in total. The Hall–Kier alpha value is -1.10. The summed E-state index contributed by atoms with van der Waals surface area (Å²) in [5.74, 6) is 0. The zero-order chi connectivity index (χ0) is 13.8. The molecule has 0 spiro atoms. The molecule has 1 aromatic heterocycles. The van der Waals surface area contributed by atoms with Crippen LogP contribution in [0.4, 0.5) is 0 Å². The first-order valence-corrected chi connectivity index (χ1v) is 6.91. The van der Waals surface area contributed by atoms with Crippen molar-refractivity contribution in [2.75, 3.05) is 0 Å². The van der Waals surface area contributed by atoms with E-state index < -0.39 is 0 Å². The number of aliphatic hydroxyl groups is 1. The van der Waals surface area contributed by atoms with E-state index in [1.165, 1.54) is 0 Å². The summed E-state index contributed by atoms with van der Waals surface area (Å²) >= 11 is 12.0. The molecule has 1 aromatic carbocycles. The Kier molecular flexibility index (Phi) is 4.80. The zero-order valence-electron chi connectivity index (χ0n) is 10.6. The highest BCUT2D eigenvalue weighted by Gasteiger charge is 2.15. The topological polar surface area (TPSA) is 50.9 Å². The van der Waals surface area contributed by atoms with E-state index in [-0.39, 0.29) is 6.61 Å². The fraction of sp³-hybridized carbons (Fsp3) is 0.385. The molecular formula is C13H15Cl2N3O. The van der Waals surface area contributed by atoms with E-state index in [4.69, 9.17) is 23.2 Å². The van der Waals surface area contributed by atoms with Gasteiger partial charge < -0.3 is 5.11 Å². The fourth-order valence-electron chi connectivity index (χ4n) is 1.88. The van der Waals surface area contributed by atoms with Crippen LogP contribution < -0.4 is 0 Å². The van der Waals surface area contributed by atoms with Crippen molar-refractivity contribution in [2.24, 2.45) is 0 Å². The van der Waals surface area contributed by atoms with Crippen LogP contribution in [-0.2, 0) is 13.2 Å². The Morgan fingerprint density at radius 3 is 2.68 bits per heavy atom.